The summed E-state index contributed by atoms with van der Waals surface area (Å²) in [5, 5.41) is 0. The molecule has 2 aliphatic rings. The first-order valence-corrected chi connectivity index (χ1v) is 6.74. The van der Waals surface area contributed by atoms with Crippen LogP contribution in [0.5, 0.6) is 0 Å². The van der Waals surface area contributed by atoms with Crippen LogP contribution in [0.15, 0.2) is 24.3 Å². The Kier molecular flexibility index (Phi) is 2.79. The first-order chi connectivity index (χ1) is 7.83. The van der Waals surface area contributed by atoms with Crippen molar-refractivity contribution in [3.05, 3.63) is 35.4 Å². The number of fused-ring (bicyclic) bond motifs is 2. The largest absolute Gasteiger partial charge is 0.118 e. The molecule has 0 spiro atoms. The van der Waals surface area contributed by atoms with Gasteiger partial charge < -0.3 is 0 Å². The van der Waals surface area contributed by atoms with E-state index in [0.717, 1.165) is 17.6 Å². The van der Waals surface area contributed by atoms with Gasteiger partial charge in [-0.15, -0.1) is 0 Å². The Hall–Kier alpha value is -0.715. The van der Waals surface area contributed by atoms with E-state index in [0.29, 0.717) is 0 Å². The van der Waals surface area contributed by atoms with Gasteiger partial charge in [-0.05, 0) is 24.8 Å². The summed E-state index contributed by atoms with van der Waals surface area (Å²) in [6, 6.07) is 9.24. The predicted octanol–water partition coefficient (Wildman–Crippen LogP) is 4.34. The van der Waals surface area contributed by atoms with Crippen molar-refractivity contribution in [3.63, 3.8) is 0 Å². The Balaban J connectivity index is 1.81. The van der Waals surface area contributed by atoms with E-state index in [1.807, 2.05) is 0 Å². The second-order valence-electron chi connectivity index (χ2n) is 5.64. The molecule has 1 heteroatoms. The summed E-state index contributed by atoms with van der Waals surface area (Å²) >= 11 is 0. The van der Waals surface area contributed by atoms with E-state index in [1.54, 1.807) is 5.56 Å². The normalized spacial score (nSPS) is 33.2. The fourth-order valence-electron chi connectivity index (χ4n) is 3.57. The molecular formula is C15H20B. The van der Waals surface area contributed by atoms with E-state index in [1.165, 1.54) is 37.7 Å². The van der Waals surface area contributed by atoms with Gasteiger partial charge in [0.15, 0.2) is 0 Å². The van der Waals surface area contributed by atoms with Crippen molar-refractivity contribution in [1.29, 1.82) is 0 Å². The van der Waals surface area contributed by atoms with Crippen LogP contribution >= 0.6 is 0 Å². The average molecular weight is 211 g/mol. The third-order valence-electron chi connectivity index (χ3n) is 4.50. The fraction of sp³-hybridized carbons (Fsp3) is 0.600. The second kappa shape index (κ2) is 4.27. The quantitative estimate of drug-likeness (QED) is 0.606. The zero-order valence-corrected chi connectivity index (χ0v) is 10.2. The topological polar surface area (TPSA) is 0 Å². The van der Waals surface area contributed by atoms with E-state index in [4.69, 9.17) is 0 Å². The maximum atomic E-state index is 2.66. The van der Waals surface area contributed by atoms with Crippen molar-refractivity contribution < 1.29 is 0 Å². The van der Waals surface area contributed by atoms with Gasteiger partial charge in [0.25, 0.3) is 0 Å². The molecule has 0 aromatic heterocycles. The Bertz CT molecular complexity index is 354. The third kappa shape index (κ3) is 1.92. The molecule has 83 valence electrons. The van der Waals surface area contributed by atoms with Gasteiger partial charge in [-0.1, -0.05) is 67.1 Å². The second-order valence-corrected chi connectivity index (χ2v) is 5.64. The van der Waals surface area contributed by atoms with Gasteiger partial charge in [-0.2, -0.15) is 0 Å². The lowest BCUT2D eigenvalue weighted by Crippen LogP contribution is -2.27. The van der Waals surface area contributed by atoms with Gasteiger partial charge in [0, 0.05) is 0 Å². The van der Waals surface area contributed by atoms with Crippen molar-refractivity contribution >= 4 is 7.28 Å². The summed E-state index contributed by atoms with van der Waals surface area (Å²) in [5.74, 6) is 2.63. The number of aryl methyl sites for hydroxylation is 1. The molecule has 2 heterocycles. The lowest BCUT2D eigenvalue weighted by atomic mass is 9.41. The Morgan fingerprint density at radius 3 is 2.62 bits per heavy atom. The Morgan fingerprint density at radius 1 is 1.00 bits per heavy atom. The van der Waals surface area contributed by atoms with Gasteiger partial charge in [0.05, 0.1) is 0 Å². The summed E-state index contributed by atoms with van der Waals surface area (Å²) < 4.78 is 0. The SMILES string of the molecule is Cc1ccc(C2CCC3[B]C2CCC3)cc1. The predicted molar refractivity (Wildman–Crippen MR) is 70.3 cm³/mol. The third-order valence-corrected chi connectivity index (χ3v) is 4.50. The minimum Gasteiger partial charge on any atom is -0.0685 e. The highest BCUT2D eigenvalue weighted by Crippen LogP contribution is 2.49. The summed E-state index contributed by atoms with van der Waals surface area (Å²) in [6.07, 6.45) is 7.17. The minimum absolute atomic E-state index is 0.817. The number of rotatable bonds is 1. The lowest BCUT2D eigenvalue weighted by molar-refractivity contribution is 0.410. The number of benzene rings is 1. The van der Waals surface area contributed by atoms with E-state index in [9.17, 15) is 0 Å². The van der Waals surface area contributed by atoms with Gasteiger partial charge in [-0.25, -0.2) is 0 Å². The van der Waals surface area contributed by atoms with Crippen LogP contribution < -0.4 is 0 Å². The summed E-state index contributed by atoms with van der Waals surface area (Å²) in [5.41, 5.74) is 2.96. The Labute approximate surface area is 99.7 Å². The molecule has 2 saturated heterocycles. The fourth-order valence-corrected chi connectivity index (χ4v) is 3.57. The van der Waals surface area contributed by atoms with Gasteiger partial charge in [0.1, 0.15) is 7.28 Å². The van der Waals surface area contributed by atoms with Crippen LogP contribution in [0.1, 0.15) is 49.1 Å². The van der Waals surface area contributed by atoms with Gasteiger partial charge in [-0.3, -0.25) is 0 Å². The summed E-state index contributed by atoms with van der Waals surface area (Å²) in [7, 11) is 2.66. The molecule has 16 heavy (non-hydrogen) atoms. The minimum atomic E-state index is 0.817. The van der Waals surface area contributed by atoms with Crippen LogP contribution in [0.25, 0.3) is 0 Å². The van der Waals surface area contributed by atoms with Crippen molar-refractivity contribution in [3.8, 4) is 0 Å². The average Bonchev–Trinajstić information content (AvgIpc) is 2.31. The maximum absolute atomic E-state index is 2.66. The van der Waals surface area contributed by atoms with Crippen LogP contribution in [0.3, 0.4) is 0 Å². The molecule has 3 unspecified atom stereocenters. The van der Waals surface area contributed by atoms with Crippen LogP contribution in [-0.4, -0.2) is 7.28 Å². The molecule has 1 aromatic carbocycles. The molecule has 0 amide bonds. The molecule has 1 radical (unpaired) electrons. The Morgan fingerprint density at radius 2 is 1.81 bits per heavy atom. The van der Waals surface area contributed by atoms with Gasteiger partial charge in [0.2, 0.25) is 0 Å². The van der Waals surface area contributed by atoms with E-state index >= 15 is 0 Å². The van der Waals surface area contributed by atoms with E-state index in [-0.39, 0.29) is 0 Å². The zero-order chi connectivity index (χ0) is 11.0. The van der Waals surface area contributed by atoms with Crippen LogP contribution in [0.2, 0.25) is 11.6 Å². The highest BCUT2D eigenvalue weighted by molar-refractivity contribution is 6.40. The molecule has 1 aromatic rings. The van der Waals surface area contributed by atoms with Crippen molar-refractivity contribution in [2.75, 3.05) is 0 Å². The molecule has 2 aliphatic heterocycles. The molecule has 2 bridgehead atoms. The van der Waals surface area contributed by atoms with Crippen LogP contribution in [0.4, 0.5) is 0 Å². The molecule has 3 rings (SSSR count). The molecular weight excluding hydrogens is 191 g/mol. The van der Waals surface area contributed by atoms with E-state index in [2.05, 4.69) is 38.5 Å². The highest BCUT2D eigenvalue weighted by atomic mass is 14.3. The monoisotopic (exact) mass is 211 g/mol. The van der Waals surface area contributed by atoms with Crippen LogP contribution in [-0.2, 0) is 0 Å². The number of hydrogen-bond acceptors (Lipinski definition) is 0. The molecule has 3 atom stereocenters. The molecule has 0 aliphatic carbocycles. The van der Waals surface area contributed by atoms with Crippen molar-refractivity contribution in [2.24, 2.45) is 0 Å². The first kappa shape index (κ1) is 10.4. The number of hydrogen-bond donors (Lipinski definition) is 0. The standard InChI is InChI=1S/C15H20B/c1-11-5-7-12(8-6-11)14-10-9-13-3-2-4-15(14)16-13/h5-8,13-15H,2-4,9-10H2,1H3. The van der Waals surface area contributed by atoms with Crippen molar-refractivity contribution in [1.82, 2.24) is 0 Å². The lowest BCUT2D eigenvalue weighted by Gasteiger charge is -2.40. The molecule has 0 saturated carbocycles. The molecule has 2 fully saturated rings. The molecule has 0 nitrogen and oxygen atoms in total. The first-order valence-electron chi connectivity index (χ1n) is 6.74. The van der Waals surface area contributed by atoms with Crippen LogP contribution in [0, 0.1) is 6.92 Å². The van der Waals surface area contributed by atoms with Gasteiger partial charge >= 0.3 is 0 Å². The summed E-state index contributed by atoms with van der Waals surface area (Å²) in [6.45, 7) is 2.17. The molecule has 0 N–H and O–H groups in total. The van der Waals surface area contributed by atoms with E-state index < -0.39 is 0 Å². The van der Waals surface area contributed by atoms with Crippen molar-refractivity contribution in [2.45, 2.75) is 56.6 Å². The summed E-state index contributed by atoms with van der Waals surface area (Å²) in [4.78, 5) is 0. The maximum Gasteiger partial charge on any atom is 0.118 e. The zero-order valence-electron chi connectivity index (χ0n) is 10.2. The smallest absolute Gasteiger partial charge is 0.0685 e. The highest BCUT2D eigenvalue weighted by Gasteiger charge is 2.34.